The molecule has 0 saturated carbocycles. The maximum absolute atomic E-state index is 5.88. The molecule has 4 heteroatoms. The second-order valence-electron chi connectivity index (χ2n) is 4.43. The Morgan fingerprint density at radius 1 is 1.39 bits per heavy atom. The quantitative estimate of drug-likeness (QED) is 0.860. The molecule has 1 N–H and O–H groups in total. The van der Waals surface area contributed by atoms with Crippen molar-refractivity contribution in [2.45, 2.75) is 33.2 Å². The van der Waals surface area contributed by atoms with Gasteiger partial charge in [-0.2, -0.15) is 0 Å². The smallest absolute Gasteiger partial charge is 0.193 e. The van der Waals surface area contributed by atoms with Crippen molar-refractivity contribution < 1.29 is 4.42 Å². The van der Waals surface area contributed by atoms with Crippen molar-refractivity contribution in [3.05, 3.63) is 44.5 Å². The molecular weight excluding hydrogens is 266 g/mol. The highest BCUT2D eigenvalue weighted by Crippen LogP contribution is 2.33. The standard InChI is InChI=1S/C14H18ClNOS/c1-4-7-16-13(11-5-6-12(15)17-11)14-9(2)8-10(3)18-14/h5-6,8,13,16H,4,7H2,1-3H3. The summed E-state index contributed by atoms with van der Waals surface area (Å²) >= 11 is 7.69. The number of nitrogens with one attached hydrogen (secondary N) is 1. The lowest BCUT2D eigenvalue weighted by Crippen LogP contribution is -2.22. The van der Waals surface area contributed by atoms with E-state index in [-0.39, 0.29) is 6.04 Å². The number of thiophene rings is 1. The summed E-state index contributed by atoms with van der Waals surface area (Å²) in [4.78, 5) is 2.63. The second-order valence-corrected chi connectivity index (χ2v) is 6.09. The van der Waals surface area contributed by atoms with Crippen molar-refractivity contribution in [2.75, 3.05) is 6.54 Å². The lowest BCUT2D eigenvalue weighted by molar-refractivity contribution is 0.450. The van der Waals surface area contributed by atoms with Gasteiger partial charge in [0.2, 0.25) is 0 Å². The summed E-state index contributed by atoms with van der Waals surface area (Å²) in [5.74, 6) is 0.887. The molecule has 0 aromatic carbocycles. The summed E-state index contributed by atoms with van der Waals surface area (Å²) in [6, 6.07) is 6.07. The number of aryl methyl sites for hydroxylation is 2. The van der Waals surface area contributed by atoms with Crippen LogP contribution in [0.1, 0.15) is 40.5 Å². The van der Waals surface area contributed by atoms with Gasteiger partial charge in [0.1, 0.15) is 11.8 Å². The number of hydrogen-bond acceptors (Lipinski definition) is 3. The van der Waals surface area contributed by atoms with E-state index in [0.717, 1.165) is 18.7 Å². The summed E-state index contributed by atoms with van der Waals surface area (Å²) < 4.78 is 5.57. The van der Waals surface area contributed by atoms with E-state index >= 15 is 0 Å². The van der Waals surface area contributed by atoms with Gasteiger partial charge in [-0.3, -0.25) is 0 Å². The molecule has 2 rings (SSSR count). The van der Waals surface area contributed by atoms with Crippen molar-refractivity contribution in [3.8, 4) is 0 Å². The third kappa shape index (κ3) is 2.97. The predicted octanol–water partition coefficient (Wildman–Crippen LogP) is 4.70. The van der Waals surface area contributed by atoms with E-state index in [0.29, 0.717) is 5.22 Å². The third-order valence-electron chi connectivity index (χ3n) is 2.82. The fourth-order valence-electron chi connectivity index (χ4n) is 2.04. The van der Waals surface area contributed by atoms with E-state index in [1.54, 1.807) is 6.07 Å². The third-order valence-corrected chi connectivity index (χ3v) is 4.24. The zero-order valence-electron chi connectivity index (χ0n) is 10.9. The maximum atomic E-state index is 5.88. The summed E-state index contributed by atoms with van der Waals surface area (Å²) in [5, 5.41) is 3.97. The van der Waals surface area contributed by atoms with Gasteiger partial charge in [-0.1, -0.05) is 6.92 Å². The van der Waals surface area contributed by atoms with E-state index in [4.69, 9.17) is 16.0 Å². The molecule has 0 aliphatic carbocycles. The topological polar surface area (TPSA) is 25.2 Å². The highest BCUT2D eigenvalue weighted by atomic mass is 35.5. The Morgan fingerprint density at radius 3 is 2.67 bits per heavy atom. The fourth-order valence-corrected chi connectivity index (χ4v) is 3.31. The Bertz CT molecular complexity index is 518. The van der Waals surface area contributed by atoms with Crippen LogP contribution in [0.2, 0.25) is 5.22 Å². The SMILES string of the molecule is CCCNC(c1ccc(Cl)o1)c1sc(C)cc1C. The first kappa shape index (κ1) is 13.7. The lowest BCUT2D eigenvalue weighted by atomic mass is 10.1. The van der Waals surface area contributed by atoms with Crippen LogP contribution in [-0.2, 0) is 0 Å². The van der Waals surface area contributed by atoms with Gasteiger partial charge in [0.15, 0.2) is 5.22 Å². The number of hydrogen-bond donors (Lipinski definition) is 1. The number of halogens is 1. The second kappa shape index (κ2) is 5.91. The van der Waals surface area contributed by atoms with Crippen molar-refractivity contribution in [1.29, 1.82) is 0 Å². The molecule has 0 saturated heterocycles. The van der Waals surface area contributed by atoms with E-state index < -0.39 is 0 Å². The molecule has 2 nitrogen and oxygen atoms in total. The van der Waals surface area contributed by atoms with Crippen molar-refractivity contribution >= 4 is 22.9 Å². The zero-order valence-corrected chi connectivity index (χ0v) is 12.5. The van der Waals surface area contributed by atoms with Gasteiger partial charge in [0.05, 0.1) is 0 Å². The molecule has 1 atom stereocenters. The summed E-state index contributed by atoms with van der Waals surface area (Å²) in [5.41, 5.74) is 1.30. The summed E-state index contributed by atoms with van der Waals surface area (Å²) in [6.45, 7) is 7.39. The first-order valence-electron chi connectivity index (χ1n) is 6.17. The van der Waals surface area contributed by atoms with Gasteiger partial charge in [-0.25, -0.2) is 0 Å². The maximum Gasteiger partial charge on any atom is 0.193 e. The average Bonchev–Trinajstić information content (AvgIpc) is 2.87. The molecule has 0 fully saturated rings. The molecule has 0 radical (unpaired) electrons. The molecule has 2 aromatic rings. The predicted molar refractivity (Wildman–Crippen MR) is 77.6 cm³/mol. The van der Waals surface area contributed by atoms with Gasteiger partial charge in [-0.05, 0) is 62.2 Å². The fraction of sp³-hybridized carbons (Fsp3) is 0.429. The van der Waals surface area contributed by atoms with E-state index in [1.807, 2.05) is 17.4 Å². The molecule has 18 heavy (non-hydrogen) atoms. The van der Waals surface area contributed by atoms with Crippen molar-refractivity contribution in [3.63, 3.8) is 0 Å². The Balaban J connectivity index is 2.33. The Hall–Kier alpha value is -0.770. The van der Waals surface area contributed by atoms with Gasteiger partial charge < -0.3 is 9.73 Å². The van der Waals surface area contributed by atoms with Crippen LogP contribution in [0, 0.1) is 13.8 Å². The molecule has 1 unspecified atom stereocenters. The van der Waals surface area contributed by atoms with Crippen LogP contribution in [0.25, 0.3) is 0 Å². The van der Waals surface area contributed by atoms with Crippen LogP contribution in [0.5, 0.6) is 0 Å². The normalized spacial score (nSPS) is 12.9. The van der Waals surface area contributed by atoms with Crippen molar-refractivity contribution in [1.82, 2.24) is 5.32 Å². The molecule has 0 bridgehead atoms. The van der Waals surface area contributed by atoms with Crippen LogP contribution < -0.4 is 5.32 Å². The summed E-state index contributed by atoms with van der Waals surface area (Å²) in [6.07, 6.45) is 1.09. The van der Waals surface area contributed by atoms with E-state index in [9.17, 15) is 0 Å². The minimum Gasteiger partial charge on any atom is -0.448 e. The van der Waals surface area contributed by atoms with E-state index in [1.165, 1.54) is 15.3 Å². The minimum absolute atomic E-state index is 0.108. The van der Waals surface area contributed by atoms with Gasteiger partial charge in [0.25, 0.3) is 0 Å². The molecule has 98 valence electrons. The van der Waals surface area contributed by atoms with Gasteiger partial charge in [-0.15, -0.1) is 11.3 Å². The van der Waals surface area contributed by atoms with E-state index in [2.05, 4.69) is 32.2 Å². The van der Waals surface area contributed by atoms with Gasteiger partial charge in [0, 0.05) is 9.75 Å². The Morgan fingerprint density at radius 2 is 2.17 bits per heavy atom. The molecule has 2 heterocycles. The molecular formula is C14H18ClNOS. The highest BCUT2D eigenvalue weighted by Gasteiger charge is 2.20. The molecule has 0 aliphatic heterocycles. The molecule has 0 aliphatic rings. The highest BCUT2D eigenvalue weighted by molar-refractivity contribution is 7.12. The van der Waals surface area contributed by atoms with Crippen LogP contribution in [0.3, 0.4) is 0 Å². The molecule has 0 amide bonds. The first-order valence-corrected chi connectivity index (χ1v) is 7.36. The Kier molecular flexibility index (Phi) is 4.49. The first-order chi connectivity index (χ1) is 8.61. The summed E-state index contributed by atoms with van der Waals surface area (Å²) in [7, 11) is 0. The zero-order chi connectivity index (χ0) is 13.1. The van der Waals surface area contributed by atoms with Crippen LogP contribution in [-0.4, -0.2) is 6.54 Å². The average molecular weight is 284 g/mol. The van der Waals surface area contributed by atoms with Crippen LogP contribution in [0.4, 0.5) is 0 Å². The monoisotopic (exact) mass is 283 g/mol. The molecule has 2 aromatic heterocycles. The Labute approximate surface area is 117 Å². The van der Waals surface area contributed by atoms with Crippen LogP contribution >= 0.6 is 22.9 Å². The van der Waals surface area contributed by atoms with Crippen molar-refractivity contribution in [2.24, 2.45) is 0 Å². The largest absolute Gasteiger partial charge is 0.448 e. The minimum atomic E-state index is 0.108. The molecule has 0 spiro atoms. The lowest BCUT2D eigenvalue weighted by Gasteiger charge is -2.15. The number of furan rings is 1. The number of rotatable bonds is 5. The van der Waals surface area contributed by atoms with Crippen LogP contribution in [0.15, 0.2) is 22.6 Å². The van der Waals surface area contributed by atoms with Gasteiger partial charge >= 0.3 is 0 Å².